The molecule has 0 aliphatic carbocycles. The molecule has 1 heterocycles. The first kappa shape index (κ1) is 45.2. The molecule has 0 aromatic carbocycles. The van der Waals surface area contributed by atoms with Crippen molar-refractivity contribution in [2.24, 2.45) is 0 Å². The van der Waals surface area contributed by atoms with Gasteiger partial charge in [0.2, 0.25) is 0 Å². The molecule has 0 aromatic rings. The van der Waals surface area contributed by atoms with Gasteiger partial charge in [-0.15, -0.1) is 0 Å². The number of hydrogen-bond acceptors (Lipinski definition) is 10. The van der Waals surface area contributed by atoms with Gasteiger partial charge in [0.05, 0.1) is 13.2 Å². The van der Waals surface area contributed by atoms with Crippen molar-refractivity contribution in [2.75, 3.05) is 19.8 Å². The molecular weight excluding hydrogens is 628 g/mol. The highest BCUT2D eigenvalue weighted by Gasteiger charge is 2.44. The van der Waals surface area contributed by atoms with Crippen LogP contribution in [0.4, 0.5) is 0 Å². The van der Waals surface area contributed by atoms with Crippen molar-refractivity contribution in [1.29, 1.82) is 0 Å². The largest absolute Gasteiger partial charge is 0.458 e. The molecule has 1 aliphatic heterocycles. The average molecular weight is 699 g/mol. The Kier molecular flexibility index (Phi) is 28.6. The lowest BCUT2D eigenvalue weighted by Gasteiger charge is -2.39. The number of unbranched alkanes of at least 4 members (excludes halogenated alkanes) is 19. The summed E-state index contributed by atoms with van der Waals surface area (Å²) in [7, 11) is 0. The van der Waals surface area contributed by atoms with Gasteiger partial charge in [-0.25, -0.2) is 4.79 Å². The molecule has 2 unspecified atom stereocenters. The van der Waals surface area contributed by atoms with Crippen LogP contribution < -0.4 is 0 Å². The lowest BCUT2D eigenvalue weighted by atomic mass is 9.99. The fraction of sp³-hybridized carbons (Fsp3) is 0.846. The number of aliphatic hydroxyl groups is 4. The number of allylic oxidation sites excluding steroid dienone is 3. The van der Waals surface area contributed by atoms with Gasteiger partial charge < -0.3 is 39.4 Å². The Bertz CT molecular complexity index is 861. The number of ether oxygens (including phenoxy) is 4. The topological polar surface area (TPSA) is 152 Å². The van der Waals surface area contributed by atoms with Crippen molar-refractivity contribution in [2.45, 2.75) is 192 Å². The number of carbonyl (C=O) groups excluding carboxylic acids is 2. The fourth-order valence-electron chi connectivity index (χ4n) is 5.81. The van der Waals surface area contributed by atoms with Gasteiger partial charge in [0.1, 0.15) is 31.0 Å². The third-order valence-electron chi connectivity index (χ3n) is 8.94. The average Bonchev–Trinajstić information content (AvgIpc) is 3.10. The second-order valence-electron chi connectivity index (χ2n) is 13.5. The van der Waals surface area contributed by atoms with E-state index in [1.54, 1.807) is 6.08 Å². The summed E-state index contributed by atoms with van der Waals surface area (Å²) in [6, 6.07) is 0. The molecule has 0 bridgehead atoms. The third kappa shape index (κ3) is 23.3. The molecule has 4 N–H and O–H groups in total. The van der Waals surface area contributed by atoms with Crippen LogP contribution in [0.5, 0.6) is 0 Å². The Morgan fingerprint density at radius 3 is 1.76 bits per heavy atom. The Labute approximate surface area is 296 Å². The van der Waals surface area contributed by atoms with Crippen molar-refractivity contribution >= 4 is 11.9 Å². The van der Waals surface area contributed by atoms with E-state index in [0.29, 0.717) is 6.42 Å². The molecule has 1 saturated heterocycles. The van der Waals surface area contributed by atoms with E-state index < -0.39 is 55.4 Å². The molecule has 0 spiro atoms. The van der Waals surface area contributed by atoms with Crippen molar-refractivity contribution in [1.82, 2.24) is 0 Å². The monoisotopic (exact) mass is 698 g/mol. The zero-order valence-electron chi connectivity index (χ0n) is 30.7. The first-order chi connectivity index (χ1) is 23.8. The van der Waals surface area contributed by atoms with Gasteiger partial charge in [-0.3, -0.25) is 4.79 Å². The van der Waals surface area contributed by atoms with Crippen LogP contribution in [0.3, 0.4) is 0 Å². The molecule has 0 saturated carbocycles. The lowest BCUT2D eigenvalue weighted by Crippen LogP contribution is -2.59. The summed E-state index contributed by atoms with van der Waals surface area (Å²) in [5, 5.41) is 39.8. The van der Waals surface area contributed by atoms with Crippen molar-refractivity contribution in [3.63, 3.8) is 0 Å². The molecule has 6 atom stereocenters. The summed E-state index contributed by atoms with van der Waals surface area (Å²) in [4.78, 5) is 25.0. The highest BCUT2D eigenvalue weighted by molar-refractivity contribution is 5.82. The number of esters is 2. The van der Waals surface area contributed by atoms with Crippen LogP contribution in [0.25, 0.3) is 0 Å². The highest BCUT2D eigenvalue weighted by atomic mass is 16.7. The highest BCUT2D eigenvalue weighted by Crippen LogP contribution is 2.22. The van der Waals surface area contributed by atoms with E-state index in [0.717, 1.165) is 32.1 Å². The summed E-state index contributed by atoms with van der Waals surface area (Å²) < 4.78 is 21.8. The van der Waals surface area contributed by atoms with Gasteiger partial charge >= 0.3 is 11.9 Å². The smallest absolute Gasteiger partial charge is 0.330 e. The first-order valence-corrected chi connectivity index (χ1v) is 19.5. The molecule has 1 fully saturated rings. The Hall–Kier alpha value is -1.82. The zero-order chi connectivity index (χ0) is 36.0. The minimum atomic E-state index is -1.60. The predicted octanol–water partition coefficient (Wildman–Crippen LogP) is 6.99. The van der Waals surface area contributed by atoms with Crippen molar-refractivity contribution in [3.05, 3.63) is 24.3 Å². The summed E-state index contributed by atoms with van der Waals surface area (Å²) in [6.07, 6.45) is 24.0. The lowest BCUT2D eigenvalue weighted by molar-refractivity contribution is -0.305. The van der Waals surface area contributed by atoms with Gasteiger partial charge in [0, 0.05) is 12.5 Å². The van der Waals surface area contributed by atoms with Crippen LogP contribution in [0.2, 0.25) is 0 Å². The molecule has 10 heteroatoms. The van der Waals surface area contributed by atoms with Crippen LogP contribution in [0, 0.1) is 0 Å². The van der Waals surface area contributed by atoms with Crippen LogP contribution in [-0.4, -0.2) is 89.0 Å². The summed E-state index contributed by atoms with van der Waals surface area (Å²) >= 11 is 0. The summed E-state index contributed by atoms with van der Waals surface area (Å²) in [5.41, 5.74) is 0. The Balaban J connectivity index is 2.43. The van der Waals surface area contributed by atoms with Crippen molar-refractivity contribution < 1.29 is 49.0 Å². The number of aliphatic hydroxyl groups excluding tert-OH is 4. The number of carbonyl (C=O) groups is 2. The quantitative estimate of drug-likeness (QED) is 0.0258. The van der Waals surface area contributed by atoms with E-state index >= 15 is 0 Å². The SMILES string of the molecule is CCCCCCCCCCCCC/C=C/C=C/C(=O)OC[C@@H](CO[C@H]1O[C@@H](CO)[C@@H](O)C(O)C1O)OC(=O)CCCCCCCCCCC. The fourth-order valence-corrected chi connectivity index (χ4v) is 5.81. The maximum Gasteiger partial charge on any atom is 0.330 e. The molecule has 0 aromatic heterocycles. The number of hydrogen-bond donors (Lipinski definition) is 4. The minimum Gasteiger partial charge on any atom is -0.458 e. The van der Waals surface area contributed by atoms with Crippen molar-refractivity contribution in [3.8, 4) is 0 Å². The maximum absolute atomic E-state index is 12.6. The molecule has 10 nitrogen and oxygen atoms in total. The second kappa shape index (κ2) is 31.0. The molecule has 0 amide bonds. The van der Waals surface area contributed by atoms with E-state index in [9.17, 15) is 30.0 Å². The van der Waals surface area contributed by atoms with Gasteiger partial charge in [0.25, 0.3) is 0 Å². The number of rotatable bonds is 31. The standard InChI is InChI=1S/C39H70O10/c1-3-5-7-9-11-13-14-15-16-17-18-20-21-23-25-27-34(41)46-30-32(31-47-39-38(45)37(44)36(43)33(29-40)49-39)48-35(42)28-26-24-22-19-12-10-8-6-4-2/h21,23,25,27,32-33,36-40,43-45H,3-20,22,24,26,28-31H2,1-2H3/b23-21+,27-25+/t32-,33-,36+,37?,38?,39-/m0/s1. The van der Waals surface area contributed by atoms with E-state index in [2.05, 4.69) is 13.8 Å². The third-order valence-corrected chi connectivity index (χ3v) is 8.94. The molecule has 49 heavy (non-hydrogen) atoms. The molecule has 0 radical (unpaired) electrons. The Morgan fingerprint density at radius 1 is 0.673 bits per heavy atom. The van der Waals surface area contributed by atoms with E-state index in [-0.39, 0.29) is 19.6 Å². The Morgan fingerprint density at radius 2 is 1.20 bits per heavy atom. The van der Waals surface area contributed by atoms with E-state index in [4.69, 9.17) is 18.9 Å². The van der Waals surface area contributed by atoms with Gasteiger partial charge in [-0.05, 0) is 19.3 Å². The van der Waals surface area contributed by atoms with Gasteiger partial charge in [-0.2, -0.15) is 0 Å². The van der Waals surface area contributed by atoms with Gasteiger partial charge in [-0.1, -0.05) is 148 Å². The minimum absolute atomic E-state index is 0.212. The van der Waals surface area contributed by atoms with Crippen LogP contribution in [-0.2, 0) is 28.5 Å². The first-order valence-electron chi connectivity index (χ1n) is 19.5. The molecular formula is C39H70O10. The predicted molar refractivity (Wildman–Crippen MR) is 192 cm³/mol. The zero-order valence-corrected chi connectivity index (χ0v) is 30.7. The second-order valence-corrected chi connectivity index (χ2v) is 13.5. The van der Waals surface area contributed by atoms with Crippen LogP contribution >= 0.6 is 0 Å². The van der Waals surface area contributed by atoms with E-state index in [1.165, 1.54) is 102 Å². The van der Waals surface area contributed by atoms with Crippen LogP contribution in [0.1, 0.15) is 155 Å². The molecule has 1 rings (SSSR count). The maximum atomic E-state index is 12.6. The molecule has 1 aliphatic rings. The van der Waals surface area contributed by atoms with Crippen LogP contribution in [0.15, 0.2) is 24.3 Å². The van der Waals surface area contributed by atoms with Gasteiger partial charge in [0.15, 0.2) is 12.4 Å². The summed E-state index contributed by atoms with van der Waals surface area (Å²) in [5.74, 6) is -1.06. The van der Waals surface area contributed by atoms with E-state index in [1.807, 2.05) is 12.2 Å². The summed E-state index contributed by atoms with van der Waals surface area (Å²) in [6.45, 7) is 3.26. The molecule has 286 valence electrons. The normalized spacial score (nSPS) is 21.8.